The Labute approximate surface area is 127 Å². The van der Waals surface area contributed by atoms with Crippen molar-refractivity contribution in [3.05, 3.63) is 29.3 Å². The molecule has 2 aromatic rings. The van der Waals surface area contributed by atoms with Gasteiger partial charge in [0.05, 0.1) is 34.0 Å². The fraction of sp³-hybridized carbons (Fsp3) is 0.562. The topological polar surface area (TPSA) is 51.6 Å². The molecule has 0 unspecified atom stereocenters. The molecule has 0 radical (unpaired) electrons. The van der Waals surface area contributed by atoms with Gasteiger partial charge in [0.25, 0.3) is 0 Å². The Hall–Kier alpha value is -1.01. The lowest BCUT2D eigenvalue weighted by molar-refractivity contribution is -0.202. The van der Waals surface area contributed by atoms with Crippen LogP contribution in [0.4, 0.5) is 0 Å². The van der Waals surface area contributed by atoms with Gasteiger partial charge in [-0.1, -0.05) is 12.1 Å². The molecule has 1 spiro atoms. The molecule has 2 fully saturated rings. The van der Waals surface area contributed by atoms with Crippen molar-refractivity contribution in [2.24, 2.45) is 0 Å². The van der Waals surface area contributed by atoms with Crippen molar-refractivity contribution < 1.29 is 14.6 Å². The fourth-order valence-corrected chi connectivity index (χ4v) is 4.44. The SMILES string of the molecule is OC1(Cc2nc3ccccc3s2)CCC2(CC1)OCCO2. The summed E-state index contributed by atoms with van der Waals surface area (Å²) >= 11 is 1.68. The lowest BCUT2D eigenvalue weighted by Gasteiger charge is -2.40. The molecule has 1 saturated carbocycles. The minimum absolute atomic E-state index is 0.417. The first-order valence-corrected chi connectivity index (χ1v) is 8.33. The molecule has 4 nitrogen and oxygen atoms in total. The molecule has 1 saturated heterocycles. The van der Waals surface area contributed by atoms with Gasteiger partial charge in [0.2, 0.25) is 0 Å². The Kier molecular flexibility index (Phi) is 3.26. The molecule has 1 aromatic carbocycles. The Morgan fingerprint density at radius 1 is 1.10 bits per heavy atom. The largest absolute Gasteiger partial charge is 0.389 e. The van der Waals surface area contributed by atoms with Gasteiger partial charge in [-0.2, -0.15) is 0 Å². The van der Waals surface area contributed by atoms with E-state index in [9.17, 15) is 5.11 Å². The number of benzene rings is 1. The quantitative estimate of drug-likeness (QED) is 0.927. The molecule has 1 aliphatic heterocycles. The summed E-state index contributed by atoms with van der Waals surface area (Å²) in [4.78, 5) is 4.64. The van der Waals surface area contributed by atoms with Gasteiger partial charge < -0.3 is 14.6 Å². The highest BCUT2D eigenvalue weighted by molar-refractivity contribution is 7.18. The van der Waals surface area contributed by atoms with Crippen molar-refractivity contribution in [1.82, 2.24) is 4.98 Å². The number of hydrogen-bond donors (Lipinski definition) is 1. The zero-order chi connectivity index (χ0) is 14.3. The summed E-state index contributed by atoms with van der Waals surface area (Å²) < 4.78 is 12.6. The number of rotatable bonds is 2. The van der Waals surface area contributed by atoms with Crippen LogP contribution in [0.15, 0.2) is 24.3 Å². The normalized spacial score (nSPS) is 23.9. The number of hydrogen-bond acceptors (Lipinski definition) is 5. The third-order valence-electron chi connectivity index (χ3n) is 4.57. The number of aliphatic hydroxyl groups is 1. The van der Waals surface area contributed by atoms with E-state index in [4.69, 9.17) is 9.47 Å². The van der Waals surface area contributed by atoms with Gasteiger partial charge >= 0.3 is 0 Å². The third-order valence-corrected chi connectivity index (χ3v) is 5.61. The monoisotopic (exact) mass is 305 g/mol. The summed E-state index contributed by atoms with van der Waals surface area (Å²) in [6, 6.07) is 8.13. The van der Waals surface area contributed by atoms with E-state index in [2.05, 4.69) is 11.1 Å². The first-order valence-electron chi connectivity index (χ1n) is 7.51. The fourth-order valence-electron chi connectivity index (χ4n) is 3.34. The molecule has 1 aliphatic carbocycles. The van der Waals surface area contributed by atoms with E-state index in [1.165, 1.54) is 4.70 Å². The number of thiazole rings is 1. The van der Waals surface area contributed by atoms with Crippen molar-refractivity contribution in [3.63, 3.8) is 0 Å². The first-order chi connectivity index (χ1) is 10.2. The third kappa shape index (κ3) is 2.59. The van der Waals surface area contributed by atoms with Crippen molar-refractivity contribution in [2.75, 3.05) is 13.2 Å². The second-order valence-corrected chi connectivity index (χ2v) is 7.20. The van der Waals surface area contributed by atoms with Crippen LogP contribution >= 0.6 is 11.3 Å². The summed E-state index contributed by atoms with van der Waals surface area (Å²) in [6.45, 7) is 1.35. The van der Waals surface area contributed by atoms with Crippen LogP contribution in [0.2, 0.25) is 0 Å². The molecule has 0 atom stereocenters. The Bertz CT molecular complexity index is 605. The van der Waals surface area contributed by atoms with E-state index < -0.39 is 11.4 Å². The zero-order valence-electron chi connectivity index (χ0n) is 11.9. The van der Waals surface area contributed by atoms with Crippen LogP contribution in [0.5, 0.6) is 0 Å². The van der Waals surface area contributed by atoms with E-state index in [0.717, 1.165) is 23.4 Å². The molecule has 2 aliphatic rings. The highest BCUT2D eigenvalue weighted by atomic mass is 32.1. The summed E-state index contributed by atoms with van der Waals surface area (Å²) in [5.74, 6) is -0.417. The van der Waals surface area contributed by atoms with Crippen LogP contribution in [-0.2, 0) is 15.9 Å². The number of para-hydroxylation sites is 1. The van der Waals surface area contributed by atoms with Gasteiger partial charge in [0.15, 0.2) is 5.79 Å². The van der Waals surface area contributed by atoms with E-state index in [0.29, 0.717) is 32.5 Å². The minimum Gasteiger partial charge on any atom is -0.389 e. The van der Waals surface area contributed by atoms with Gasteiger partial charge in [-0.15, -0.1) is 11.3 Å². The van der Waals surface area contributed by atoms with Crippen molar-refractivity contribution in [1.29, 1.82) is 0 Å². The Morgan fingerprint density at radius 3 is 2.52 bits per heavy atom. The molecule has 5 heteroatoms. The van der Waals surface area contributed by atoms with Gasteiger partial charge in [0, 0.05) is 19.3 Å². The van der Waals surface area contributed by atoms with E-state index >= 15 is 0 Å². The molecule has 0 amide bonds. The molecule has 4 rings (SSSR count). The molecule has 1 aromatic heterocycles. The van der Waals surface area contributed by atoms with Gasteiger partial charge in [0.1, 0.15) is 0 Å². The average molecular weight is 305 g/mol. The van der Waals surface area contributed by atoms with Crippen LogP contribution in [0.25, 0.3) is 10.2 Å². The molecule has 1 N–H and O–H groups in total. The average Bonchev–Trinajstić information content (AvgIpc) is 3.09. The number of fused-ring (bicyclic) bond motifs is 1. The van der Waals surface area contributed by atoms with E-state index in [1.54, 1.807) is 11.3 Å². The summed E-state index contributed by atoms with van der Waals surface area (Å²) in [5, 5.41) is 11.9. The second kappa shape index (κ2) is 5.02. The lowest BCUT2D eigenvalue weighted by atomic mass is 9.79. The lowest BCUT2D eigenvalue weighted by Crippen LogP contribution is -2.44. The van der Waals surface area contributed by atoms with Crippen molar-refractivity contribution in [2.45, 2.75) is 43.5 Å². The minimum atomic E-state index is -0.672. The Morgan fingerprint density at radius 2 is 1.81 bits per heavy atom. The maximum Gasteiger partial charge on any atom is 0.168 e. The zero-order valence-corrected chi connectivity index (χ0v) is 12.7. The molecular weight excluding hydrogens is 286 g/mol. The van der Waals surface area contributed by atoms with Crippen LogP contribution in [0.3, 0.4) is 0 Å². The van der Waals surface area contributed by atoms with Crippen molar-refractivity contribution in [3.8, 4) is 0 Å². The predicted molar refractivity (Wildman–Crippen MR) is 81.4 cm³/mol. The maximum atomic E-state index is 10.8. The van der Waals surface area contributed by atoms with Crippen LogP contribution < -0.4 is 0 Å². The van der Waals surface area contributed by atoms with E-state index in [-0.39, 0.29) is 0 Å². The highest BCUT2D eigenvalue weighted by Crippen LogP contribution is 2.42. The van der Waals surface area contributed by atoms with Crippen LogP contribution in [-0.4, -0.2) is 34.7 Å². The Balaban J connectivity index is 1.48. The summed E-state index contributed by atoms with van der Waals surface area (Å²) in [6.07, 6.45) is 3.59. The van der Waals surface area contributed by atoms with Crippen LogP contribution in [0.1, 0.15) is 30.7 Å². The van der Waals surface area contributed by atoms with Crippen LogP contribution in [0, 0.1) is 0 Å². The van der Waals surface area contributed by atoms with E-state index in [1.807, 2.05) is 18.2 Å². The number of aromatic nitrogens is 1. The number of nitrogens with zero attached hydrogens (tertiary/aromatic N) is 1. The predicted octanol–water partition coefficient (Wildman–Crippen LogP) is 2.89. The van der Waals surface area contributed by atoms with Gasteiger partial charge in [-0.3, -0.25) is 0 Å². The second-order valence-electron chi connectivity index (χ2n) is 6.08. The molecule has 2 heterocycles. The number of ether oxygens (including phenoxy) is 2. The van der Waals surface area contributed by atoms with Gasteiger partial charge in [-0.25, -0.2) is 4.98 Å². The van der Waals surface area contributed by atoms with Crippen molar-refractivity contribution >= 4 is 21.6 Å². The molecule has 0 bridgehead atoms. The molecule has 112 valence electrons. The summed E-state index contributed by atoms with van der Waals surface area (Å²) in [5.41, 5.74) is 0.352. The summed E-state index contributed by atoms with van der Waals surface area (Å²) in [7, 11) is 0. The highest BCUT2D eigenvalue weighted by Gasteiger charge is 2.45. The molecule has 21 heavy (non-hydrogen) atoms. The smallest absolute Gasteiger partial charge is 0.168 e. The standard InChI is InChI=1S/C16H19NO3S/c18-15(5-7-16(8-6-15)19-9-10-20-16)11-14-17-12-3-1-2-4-13(12)21-14/h1-4,18H,5-11H2. The maximum absolute atomic E-state index is 10.8. The molecular formula is C16H19NO3S. The van der Waals surface area contributed by atoms with Gasteiger partial charge in [-0.05, 0) is 25.0 Å². The first kappa shape index (κ1) is 13.6.